The standard InChI is InChI=1S/C29H40N2O4/c1-3-4-5-6-7-8-9-10-11-12-16-19-28(32)31-30-23-24-20-21-26(27(22-24)34-2)35-29(33)25-17-14-13-15-18-25/h13-15,17-18,20-23H,3-12,16,19H2,1-2H3,(H,31,32)/b30-23-. The van der Waals surface area contributed by atoms with Gasteiger partial charge in [-0.3, -0.25) is 4.79 Å². The van der Waals surface area contributed by atoms with Gasteiger partial charge >= 0.3 is 5.97 Å². The Balaban J connectivity index is 1.64. The van der Waals surface area contributed by atoms with Gasteiger partial charge in [-0.2, -0.15) is 5.10 Å². The van der Waals surface area contributed by atoms with Gasteiger partial charge in [-0.1, -0.05) is 89.3 Å². The summed E-state index contributed by atoms with van der Waals surface area (Å²) in [5, 5.41) is 4.04. The van der Waals surface area contributed by atoms with E-state index in [0.29, 0.717) is 23.5 Å². The summed E-state index contributed by atoms with van der Waals surface area (Å²) in [5.41, 5.74) is 3.75. The van der Waals surface area contributed by atoms with E-state index in [2.05, 4.69) is 17.5 Å². The van der Waals surface area contributed by atoms with E-state index >= 15 is 0 Å². The molecule has 0 aliphatic carbocycles. The predicted molar refractivity (Wildman–Crippen MR) is 141 cm³/mol. The van der Waals surface area contributed by atoms with Gasteiger partial charge < -0.3 is 9.47 Å². The van der Waals surface area contributed by atoms with Crippen molar-refractivity contribution in [3.63, 3.8) is 0 Å². The van der Waals surface area contributed by atoms with Crippen LogP contribution in [0.2, 0.25) is 0 Å². The fourth-order valence-electron chi connectivity index (χ4n) is 3.77. The normalized spacial score (nSPS) is 10.9. The average Bonchev–Trinajstić information content (AvgIpc) is 2.88. The topological polar surface area (TPSA) is 77.0 Å². The van der Waals surface area contributed by atoms with Crippen LogP contribution >= 0.6 is 0 Å². The zero-order valence-corrected chi connectivity index (χ0v) is 21.3. The first-order chi connectivity index (χ1) is 17.1. The number of benzene rings is 2. The highest BCUT2D eigenvalue weighted by atomic mass is 16.6. The van der Waals surface area contributed by atoms with Crippen LogP contribution in [-0.2, 0) is 4.79 Å². The molecule has 2 rings (SSSR count). The molecule has 0 saturated carbocycles. The van der Waals surface area contributed by atoms with Crippen LogP contribution in [-0.4, -0.2) is 25.2 Å². The van der Waals surface area contributed by atoms with Crippen molar-refractivity contribution in [2.24, 2.45) is 5.10 Å². The fraction of sp³-hybridized carbons (Fsp3) is 0.483. The van der Waals surface area contributed by atoms with E-state index < -0.39 is 5.97 Å². The molecule has 6 heteroatoms. The Morgan fingerprint density at radius 2 is 1.46 bits per heavy atom. The molecule has 0 heterocycles. The lowest BCUT2D eigenvalue weighted by atomic mass is 10.1. The maximum Gasteiger partial charge on any atom is 0.343 e. The first-order valence-corrected chi connectivity index (χ1v) is 12.9. The van der Waals surface area contributed by atoms with Gasteiger partial charge in [0, 0.05) is 6.42 Å². The second-order valence-electron chi connectivity index (χ2n) is 8.74. The first kappa shape index (κ1) is 28.1. The minimum atomic E-state index is -0.458. The number of hydrogen-bond acceptors (Lipinski definition) is 5. The molecular formula is C29H40N2O4. The lowest BCUT2D eigenvalue weighted by Gasteiger charge is -2.10. The molecule has 0 radical (unpaired) electrons. The largest absolute Gasteiger partial charge is 0.493 e. The molecule has 0 atom stereocenters. The summed E-state index contributed by atoms with van der Waals surface area (Å²) >= 11 is 0. The molecule has 35 heavy (non-hydrogen) atoms. The van der Waals surface area contributed by atoms with Crippen LogP contribution in [0.25, 0.3) is 0 Å². The van der Waals surface area contributed by atoms with Crippen LogP contribution < -0.4 is 14.9 Å². The van der Waals surface area contributed by atoms with Crippen LogP contribution in [0.3, 0.4) is 0 Å². The molecule has 1 amide bonds. The zero-order valence-electron chi connectivity index (χ0n) is 21.3. The Labute approximate surface area is 210 Å². The number of carbonyl (C=O) groups excluding carboxylic acids is 2. The van der Waals surface area contributed by atoms with Gasteiger partial charge in [-0.25, -0.2) is 10.2 Å². The van der Waals surface area contributed by atoms with Crippen LogP contribution in [0.15, 0.2) is 53.6 Å². The van der Waals surface area contributed by atoms with Crippen molar-refractivity contribution in [1.29, 1.82) is 0 Å². The molecule has 0 aromatic heterocycles. The van der Waals surface area contributed by atoms with Gasteiger partial charge in [0.05, 0.1) is 18.9 Å². The monoisotopic (exact) mass is 480 g/mol. The highest BCUT2D eigenvalue weighted by molar-refractivity contribution is 5.91. The summed E-state index contributed by atoms with van der Waals surface area (Å²) in [6, 6.07) is 13.9. The number of carbonyl (C=O) groups is 2. The van der Waals surface area contributed by atoms with Gasteiger partial charge in [-0.15, -0.1) is 0 Å². The number of hydrogen-bond donors (Lipinski definition) is 1. The van der Waals surface area contributed by atoms with Crippen LogP contribution in [0, 0.1) is 0 Å². The zero-order chi connectivity index (χ0) is 25.1. The average molecular weight is 481 g/mol. The SMILES string of the molecule is CCCCCCCCCCCCCC(=O)N/N=C\c1ccc(OC(=O)c2ccccc2)c(OC)c1. The molecular weight excluding hydrogens is 440 g/mol. The van der Waals surface area contributed by atoms with E-state index in [1.165, 1.54) is 64.9 Å². The molecule has 0 fully saturated rings. The van der Waals surface area contributed by atoms with Crippen molar-refractivity contribution >= 4 is 18.1 Å². The number of unbranched alkanes of at least 4 members (excludes halogenated alkanes) is 10. The summed E-state index contributed by atoms with van der Waals surface area (Å²) in [7, 11) is 1.51. The van der Waals surface area contributed by atoms with Gasteiger partial charge in [0.2, 0.25) is 5.91 Å². The second kappa shape index (κ2) is 17.3. The highest BCUT2D eigenvalue weighted by Crippen LogP contribution is 2.28. The smallest absolute Gasteiger partial charge is 0.343 e. The number of hydrazone groups is 1. The van der Waals surface area contributed by atoms with Gasteiger partial charge in [0.15, 0.2) is 11.5 Å². The molecule has 2 aromatic carbocycles. The Morgan fingerprint density at radius 3 is 2.09 bits per heavy atom. The van der Waals surface area contributed by atoms with Crippen molar-refractivity contribution in [3.05, 3.63) is 59.7 Å². The molecule has 0 aliphatic heterocycles. The van der Waals surface area contributed by atoms with E-state index in [1.807, 2.05) is 6.07 Å². The Bertz CT molecular complexity index is 912. The molecule has 0 spiro atoms. The van der Waals surface area contributed by atoms with Crippen molar-refractivity contribution in [3.8, 4) is 11.5 Å². The minimum absolute atomic E-state index is 0.0856. The van der Waals surface area contributed by atoms with E-state index in [0.717, 1.165) is 18.4 Å². The molecule has 0 unspecified atom stereocenters. The maximum absolute atomic E-state index is 12.3. The van der Waals surface area contributed by atoms with Crippen LogP contribution in [0.4, 0.5) is 0 Å². The van der Waals surface area contributed by atoms with E-state index in [4.69, 9.17) is 9.47 Å². The summed E-state index contributed by atoms with van der Waals surface area (Å²) in [6.07, 6.45) is 15.8. The van der Waals surface area contributed by atoms with E-state index in [1.54, 1.807) is 48.7 Å². The number of nitrogens with zero attached hydrogens (tertiary/aromatic N) is 1. The third kappa shape index (κ3) is 11.7. The fourth-order valence-corrected chi connectivity index (χ4v) is 3.77. The van der Waals surface area contributed by atoms with Crippen molar-refractivity contribution in [1.82, 2.24) is 5.43 Å². The Kier molecular flexibility index (Phi) is 13.9. The molecule has 1 N–H and O–H groups in total. The molecule has 0 bridgehead atoms. The summed E-state index contributed by atoms with van der Waals surface area (Å²) < 4.78 is 10.8. The molecule has 2 aromatic rings. The number of nitrogens with one attached hydrogen (secondary N) is 1. The minimum Gasteiger partial charge on any atom is -0.493 e. The number of ether oxygens (including phenoxy) is 2. The summed E-state index contributed by atoms with van der Waals surface area (Å²) in [6.45, 7) is 2.25. The second-order valence-corrected chi connectivity index (χ2v) is 8.74. The lowest BCUT2D eigenvalue weighted by molar-refractivity contribution is -0.121. The molecule has 190 valence electrons. The van der Waals surface area contributed by atoms with Crippen molar-refractivity contribution < 1.29 is 19.1 Å². The van der Waals surface area contributed by atoms with Crippen LogP contribution in [0.5, 0.6) is 11.5 Å². The number of amides is 1. The molecule has 0 aliphatic rings. The number of esters is 1. The summed E-state index contributed by atoms with van der Waals surface area (Å²) in [5.74, 6) is 0.182. The van der Waals surface area contributed by atoms with Gasteiger partial charge in [-0.05, 0) is 42.3 Å². The van der Waals surface area contributed by atoms with E-state index in [-0.39, 0.29) is 5.91 Å². The number of rotatable bonds is 17. The quantitative estimate of drug-likeness (QED) is 0.0864. The Hall–Kier alpha value is -3.15. The third-order valence-electron chi connectivity index (χ3n) is 5.81. The van der Waals surface area contributed by atoms with Crippen molar-refractivity contribution in [2.75, 3.05) is 7.11 Å². The van der Waals surface area contributed by atoms with E-state index in [9.17, 15) is 9.59 Å². The summed E-state index contributed by atoms with van der Waals surface area (Å²) in [4.78, 5) is 24.3. The maximum atomic E-state index is 12.3. The highest BCUT2D eigenvalue weighted by Gasteiger charge is 2.12. The number of methoxy groups -OCH3 is 1. The lowest BCUT2D eigenvalue weighted by Crippen LogP contribution is -2.16. The van der Waals surface area contributed by atoms with Crippen molar-refractivity contribution in [2.45, 2.75) is 84.0 Å². The van der Waals surface area contributed by atoms with Gasteiger partial charge in [0.25, 0.3) is 0 Å². The first-order valence-electron chi connectivity index (χ1n) is 12.9. The molecule has 0 saturated heterocycles. The Morgan fingerprint density at radius 1 is 0.829 bits per heavy atom. The third-order valence-corrected chi connectivity index (χ3v) is 5.81. The van der Waals surface area contributed by atoms with Crippen LogP contribution in [0.1, 0.15) is 99.9 Å². The van der Waals surface area contributed by atoms with Gasteiger partial charge in [0.1, 0.15) is 0 Å². The molecule has 6 nitrogen and oxygen atoms in total. The predicted octanol–water partition coefficient (Wildman–Crippen LogP) is 7.07.